The molecule has 1 unspecified atom stereocenters. The lowest BCUT2D eigenvalue weighted by molar-refractivity contribution is 0.215. The molecule has 1 aromatic carbocycles. The van der Waals surface area contributed by atoms with Gasteiger partial charge in [0.15, 0.2) is 11.5 Å². The summed E-state index contributed by atoms with van der Waals surface area (Å²) in [4.78, 5) is 8.59. The molecule has 1 aliphatic rings. The number of anilines is 2. The highest BCUT2D eigenvalue weighted by molar-refractivity contribution is 5.66. The Labute approximate surface area is 182 Å². The van der Waals surface area contributed by atoms with Crippen molar-refractivity contribution < 1.29 is 14.2 Å². The fraction of sp³-hybridized carbons (Fsp3) is 0.304. The summed E-state index contributed by atoms with van der Waals surface area (Å²) in [6.07, 6.45) is 9.51. The van der Waals surface area contributed by atoms with Crippen LogP contribution in [0.5, 0.6) is 17.4 Å². The van der Waals surface area contributed by atoms with Crippen molar-refractivity contribution in [3.05, 3.63) is 66.4 Å². The van der Waals surface area contributed by atoms with E-state index in [0.717, 1.165) is 22.5 Å². The maximum Gasteiger partial charge on any atom is 0.212 e. The zero-order valence-electron chi connectivity index (χ0n) is 18.4. The average Bonchev–Trinajstić information content (AvgIpc) is 3.43. The van der Waals surface area contributed by atoms with Gasteiger partial charge in [0.05, 0.1) is 32.8 Å². The van der Waals surface area contributed by atoms with Gasteiger partial charge in [-0.15, -0.1) is 0 Å². The molecule has 1 aliphatic heterocycles. The van der Waals surface area contributed by atoms with Gasteiger partial charge in [0, 0.05) is 55.2 Å². The van der Waals surface area contributed by atoms with E-state index in [1.165, 1.54) is 0 Å². The van der Waals surface area contributed by atoms with Crippen LogP contribution in [0, 0.1) is 6.92 Å². The molecule has 0 spiro atoms. The highest BCUT2D eigenvalue weighted by atomic mass is 16.5. The van der Waals surface area contributed by atoms with Crippen molar-refractivity contribution in [2.45, 2.75) is 20.0 Å². The van der Waals surface area contributed by atoms with Crippen LogP contribution in [-0.4, -0.2) is 35.7 Å². The van der Waals surface area contributed by atoms with Crippen LogP contribution < -0.4 is 24.0 Å². The summed E-state index contributed by atoms with van der Waals surface area (Å²) in [6.45, 7) is 4.75. The summed E-state index contributed by atoms with van der Waals surface area (Å²) >= 11 is 0. The topological polar surface area (TPSA) is 64.9 Å². The fourth-order valence-corrected chi connectivity index (χ4v) is 3.52. The summed E-state index contributed by atoms with van der Waals surface area (Å²) in [6, 6.07) is 7.81. The first-order chi connectivity index (χ1) is 15.0. The number of nitrogens with zero attached hydrogens (tertiary/aromatic N) is 5. The lowest BCUT2D eigenvalue weighted by Crippen LogP contribution is -2.25. The standard InChI is InChI=1S/C23H27N5O3/c1-16-10-21(29-4)22(31-17(2)18-6-7-23(30-5)24-12-18)11-20(16)28-9-8-27(15-28)19-13-25-26(3)14-19/h6-14,17H,15H2,1-5H3. The van der Waals surface area contributed by atoms with E-state index in [2.05, 4.69) is 33.0 Å². The van der Waals surface area contributed by atoms with E-state index in [1.807, 2.05) is 56.8 Å². The first-order valence-electron chi connectivity index (χ1n) is 10.0. The van der Waals surface area contributed by atoms with Crippen LogP contribution in [0.3, 0.4) is 0 Å². The molecule has 0 radical (unpaired) electrons. The van der Waals surface area contributed by atoms with E-state index in [4.69, 9.17) is 14.2 Å². The van der Waals surface area contributed by atoms with Crippen LogP contribution in [0.1, 0.15) is 24.2 Å². The van der Waals surface area contributed by atoms with Crippen LogP contribution in [-0.2, 0) is 7.05 Å². The van der Waals surface area contributed by atoms with Gasteiger partial charge in [-0.3, -0.25) is 4.68 Å². The molecule has 3 aromatic rings. The number of rotatable bonds is 7. The van der Waals surface area contributed by atoms with Gasteiger partial charge in [-0.25, -0.2) is 4.98 Å². The number of ether oxygens (including phenoxy) is 3. The van der Waals surface area contributed by atoms with Crippen LogP contribution >= 0.6 is 0 Å². The van der Waals surface area contributed by atoms with E-state index in [0.29, 0.717) is 24.0 Å². The fourth-order valence-electron chi connectivity index (χ4n) is 3.52. The first-order valence-corrected chi connectivity index (χ1v) is 10.0. The van der Waals surface area contributed by atoms with Crippen molar-refractivity contribution in [1.29, 1.82) is 0 Å². The lowest BCUT2D eigenvalue weighted by Gasteiger charge is -2.24. The quantitative estimate of drug-likeness (QED) is 0.570. The molecule has 2 aromatic heterocycles. The predicted octanol–water partition coefficient (Wildman–Crippen LogP) is 4.04. The maximum atomic E-state index is 6.28. The molecule has 8 nitrogen and oxygen atoms in total. The van der Waals surface area contributed by atoms with Crippen molar-refractivity contribution in [3.8, 4) is 17.4 Å². The van der Waals surface area contributed by atoms with Crippen LogP contribution in [0.2, 0.25) is 0 Å². The second kappa shape index (κ2) is 8.59. The van der Waals surface area contributed by atoms with Crippen LogP contribution in [0.15, 0.2) is 55.3 Å². The molecule has 0 fully saturated rings. The van der Waals surface area contributed by atoms with E-state index in [-0.39, 0.29) is 6.10 Å². The molecule has 3 heterocycles. The number of aromatic nitrogens is 3. The third kappa shape index (κ3) is 4.28. The smallest absolute Gasteiger partial charge is 0.212 e. The molecule has 0 saturated carbocycles. The lowest BCUT2D eigenvalue weighted by atomic mass is 10.1. The summed E-state index contributed by atoms with van der Waals surface area (Å²) < 4.78 is 18.8. The van der Waals surface area contributed by atoms with Gasteiger partial charge in [-0.1, -0.05) is 0 Å². The Bertz CT molecular complexity index is 1080. The number of hydrogen-bond donors (Lipinski definition) is 0. The van der Waals surface area contributed by atoms with Gasteiger partial charge in [0.2, 0.25) is 5.88 Å². The SMILES string of the molecule is COc1ccc(C(C)Oc2cc(N3C=CN(c4cnn(C)c4)C3)c(C)cc2OC)cn1. The van der Waals surface area contributed by atoms with Gasteiger partial charge >= 0.3 is 0 Å². The highest BCUT2D eigenvalue weighted by Gasteiger charge is 2.21. The van der Waals surface area contributed by atoms with E-state index in [9.17, 15) is 0 Å². The number of benzene rings is 1. The first kappa shape index (κ1) is 20.6. The van der Waals surface area contributed by atoms with E-state index < -0.39 is 0 Å². The average molecular weight is 422 g/mol. The zero-order valence-corrected chi connectivity index (χ0v) is 18.4. The third-order valence-corrected chi connectivity index (χ3v) is 5.29. The molecule has 162 valence electrons. The molecule has 31 heavy (non-hydrogen) atoms. The monoisotopic (exact) mass is 421 g/mol. The van der Waals surface area contributed by atoms with Crippen molar-refractivity contribution in [3.63, 3.8) is 0 Å². The van der Waals surface area contributed by atoms with Crippen molar-refractivity contribution in [2.75, 3.05) is 30.7 Å². The highest BCUT2D eigenvalue weighted by Crippen LogP contribution is 2.38. The third-order valence-electron chi connectivity index (χ3n) is 5.29. The maximum absolute atomic E-state index is 6.28. The molecular formula is C23H27N5O3. The minimum Gasteiger partial charge on any atom is -0.493 e. The summed E-state index contributed by atoms with van der Waals surface area (Å²) in [5.41, 5.74) is 4.15. The molecule has 0 saturated heterocycles. The molecule has 8 heteroatoms. The minimum atomic E-state index is -0.205. The Morgan fingerprint density at radius 2 is 1.81 bits per heavy atom. The Hall–Kier alpha value is -3.68. The van der Waals surface area contributed by atoms with Crippen molar-refractivity contribution >= 4 is 11.4 Å². The minimum absolute atomic E-state index is 0.205. The molecule has 0 aliphatic carbocycles. The van der Waals surface area contributed by atoms with Gasteiger partial charge in [-0.2, -0.15) is 5.10 Å². The molecule has 0 bridgehead atoms. The number of hydrogen-bond acceptors (Lipinski definition) is 7. The Morgan fingerprint density at radius 1 is 1.00 bits per heavy atom. The number of pyridine rings is 1. The largest absolute Gasteiger partial charge is 0.493 e. The molecular weight excluding hydrogens is 394 g/mol. The van der Waals surface area contributed by atoms with Crippen LogP contribution in [0.25, 0.3) is 0 Å². The summed E-state index contributed by atoms with van der Waals surface area (Å²) in [7, 11) is 5.17. The second-order valence-electron chi connectivity index (χ2n) is 7.43. The Kier molecular flexibility index (Phi) is 5.70. The van der Waals surface area contributed by atoms with E-state index in [1.54, 1.807) is 25.1 Å². The van der Waals surface area contributed by atoms with Gasteiger partial charge < -0.3 is 24.0 Å². The van der Waals surface area contributed by atoms with Crippen LogP contribution in [0.4, 0.5) is 11.4 Å². The normalized spacial score (nSPS) is 14.1. The summed E-state index contributed by atoms with van der Waals surface area (Å²) in [5, 5.41) is 4.26. The molecule has 0 N–H and O–H groups in total. The van der Waals surface area contributed by atoms with Gasteiger partial charge in [-0.05, 0) is 31.5 Å². The van der Waals surface area contributed by atoms with Gasteiger partial charge in [0.25, 0.3) is 0 Å². The molecule has 0 amide bonds. The van der Waals surface area contributed by atoms with Gasteiger partial charge in [0.1, 0.15) is 6.10 Å². The van der Waals surface area contributed by atoms with E-state index >= 15 is 0 Å². The molecule has 4 rings (SSSR count). The number of aryl methyl sites for hydroxylation is 2. The van der Waals surface area contributed by atoms with Crippen molar-refractivity contribution in [1.82, 2.24) is 14.8 Å². The number of methoxy groups -OCH3 is 2. The predicted molar refractivity (Wildman–Crippen MR) is 120 cm³/mol. The molecule has 1 atom stereocenters. The zero-order chi connectivity index (χ0) is 22.0. The summed E-state index contributed by atoms with van der Waals surface area (Å²) in [5.74, 6) is 1.95. The van der Waals surface area contributed by atoms with Crippen molar-refractivity contribution in [2.24, 2.45) is 7.05 Å². The Morgan fingerprint density at radius 3 is 2.45 bits per heavy atom. The Balaban J connectivity index is 1.56. The second-order valence-corrected chi connectivity index (χ2v) is 7.43.